The maximum atomic E-state index is 14.4. The van der Waals surface area contributed by atoms with Crippen molar-refractivity contribution in [3.8, 4) is 5.75 Å². The van der Waals surface area contributed by atoms with Crippen LogP contribution in [0.2, 0.25) is 0 Å². The summed E-state index contributed by atoms with van der Waals surface area (Å²) in [6.45, 7) is 0. The number of nitrogens with two attached hydrogens (primary N) is 1. The Bertz CT molecular complexity index is 971. The minimum atomic E-state index is -4.61. The van der Waals surface area contributed by atoms with Gasteiger partial charge in [-0.1, -0.05) is 18.2 Å². The molecule has 9 heteroatoms. The third-order valence-electron chi connectivity index (χ3n) is 4.25. The summed E-state index contributed by atoms with van der Waals surface area (Å²) in [5.41, 5.74) is 2.23. The summed E-state index contributed by atoms with van der Waals surface area (Å²) < 4.78 is 72.0. The van der Waals surface area contributed by atoms with Crippen LogP contribution in [0.15, 0.2) is 59.6 Å². The van der Waals surface area contributed by atoms with Gasteiger partial charge in [0.15, 0.2) is 5.41 Å². The smallest absolute Gasteiger partial charge is 0.416 e. The van der Waals surface area contributed by atoms with Crippen molar-refractivity contribution < 1.29 is 31.5 Å². The lowest BCUT2D eigenvalue weighted by Crippen LogP contribution is -2.52. The van der Waals surface area contributed by atoms with Gasteiger partial charge in [0.25, 0.3) is 0 Å². The average Bonchev–Trinajstić information content (AvgIpc) is 2.62. The molecule has 2 unspecified atom stereocenters. The maximum absolute atomic E-state index is 14.4. The van der Waals surface area contributed by atoms with Crippen LogP contribution < -0.4 is 10.5 Å². The number of carbonyl (C=O) groups is 1. The third-order valence-corrected chi connectivity index (χ3v) is 4.25. The fourth-order valence-corrected chi connectivity index (χ4v) is 2.90. The van der Waals surface area contributed by atoms with Crippen molar-refractivity contribution in [2.45, 2.75) is 17.8 Å². The van der Waals surface area contributed by atoms with Gasteiger partial charge in [-0.25, -0.2) is 13.8 Å². The average molecular weight is 396 g/mol. The van der Waals surface area contributed by atoms with E-state index in [0.29, 0.717) is 6.07 Å². The Morgan fingerprint density at radius 1 is 1.14 bits per heavy atom. The van der Waals surface area contributed by atoms with Crippen LogP contribution in [-0.4, -0.2) is 18.3 Å². The molecule has 4 nitrogen and oxygen atoms in total. The van der Waals surface area contributed by atoms with Crippen LogP contribution in [0.5, 0.6) is 5.75 Å². The van der Waals surface area contributed by atoms with Gasteiger partial charge in [0, 0.05) is 17.8 Å². The molecule has 0 radical (unpaired) electrons. The number of primary amides is 1. The van der Waals surface area contributed by atoms with Crippen LogP contribution in [0, 0.1) is 11.6 Å². The summed E-state index contributed by atoms with van der Waals surface area (Å²) in [6.07, 6.45) is -2.34. The normalized spacial score (nSPS) is 21.5. The Morgan fingerprint density at radius 3 is 2.54 bits per heavy atom. The monoisotopic (exact) mass is 396 g/mol. The molecule has 0 aromatic heterocycles. The highest BCUT2D eigenvalue weighted by molar-refractivity contribution is 5.92. The number of amides is 1. The van der Waals surface area contributed by atoms with Crippen molar-refractivity contribution in [1.82, 2.24) is 0 Å². The molecule has 3 rings (SSSR count). The Kier molecular flexibility index (Phi) is 4.93. The first-order valence-corrected chi connectivity index (χ1v) is 7.95. The van der Waals surface area contributed by atoms with Crippen LogP contribution in [0.3, 0.4) is 0 Å². The lowest BCUT2D eigenvalue weighted by molar-refractivity contribution is -0.137. The van der Waals surface area contributed by atoms with Crippen molar-refractivity contribution in [2.75, 3.05) is 0 Å². The van der Waals surface area contributed by atoms with Gasteiger partial charge >= 0.3 is 6.18 Å². The molecule has 1 aliphatic rings. The number of rotatable bonds is 4. The Labute approximate surface area is 156 Å². The van der Waals surface area contributed by atoms with Gasteiger partial charge in [0.05, 0.1) is 5.56 Å². The standard InChI is InChI=1S/C19H13F5N2O2/c20-12-5-6-14(15(21)10-12)18(16(25)27)7-2-8-26-17(18)28-13-4-1-3-11(9-13)19(22,23)24/h1-10,17H,(H2,25,27). The fourth-order valence-electron chi connectivity index (χ4n) is 2.90. The maximum Gasteiger partial charge on any atom is 0.416 e. The Balaban J connectivity index is 2.07. The lowest BCUT2D eigenvalue weighted by Gasteiger charge is -2.35. The molecule has 0 saturated heterocycles. The molecule has 28 heavy (non-hydrogen) atoms. The molecular formula is C19H13F5N2O2. The molecule has 0 spiro atoms. The minimum Gasteiger partial charge on any atom is -0.467 e. The molecular weight excluding hydrogens is 383 g/mol. The van der Waals surface area contributed by atoms with E-state index in [1.54, 1.807) is 0 Å². The largest absolute Gasteiger partial charge is 0.467 e. The summed E-state index contributed by atoms with van der Waals surface area (Å²) in [7, 11) is 0. The van der Waals surface area contributed by atoms with Crippen molar-refractivity contribution in [3.05, 3.63) is 77.4 Å². The zero-order chi connectivity index (χ0) is 20.5. The predicted octanol–water partition coefficient (Wildman–Crippen LogP) is 3.75. The number of hydrogen-bond donors (Lipinski definition) is 1. The van der Waals surface area contributed by atoms with Crippen LogP contribution in [0.25, 0.3) is 0 Å². The van der Waals surface area contributed by atoms with E-state index in [-0.39, 0.29) is 11.3 Å². The Morgan fingerprint density at radius 2 is 1.89 bits per heavy atom. The zero-order valence-corrected chi connectivity index (χ0v) is 14.1. The summed E-state index contributed by atoms with van der Waals surface area (Å²) in [5.74, 6) is -3.26. The van der Waals surface area contributed by atoms with Crippen LogP contribution in [-0.2, 0) is 16.4 Å². The molecule has 1 heterocycles. The zero-order valence-electron chi connectivity index (χ0n) is 14.1. The van der Waals surface area contributed by atoms with E-state index >= 15 is 0 Å². The predicted molar refractivity (Wildman–Crippen MR) is 90.7 cm³/mol. The molecule has 1 aliphatic heterocycles. The van der Waals surface area contributed by atoms with E-state index in [4.69, 9.17) is 10.5 Å². The van der Waals surface area contributed by atoms with Crippen LogP contribution in [0.4, 0.5) is 22.0 Å². The van der Waals surface area contributed by atoms with E-state index in [0.717, 1.165) is 30.3 Å². The molecule has 2 aromatic carbocycles. The number of alkyl halides is 3. The van der Waals surface area contributed by atoms with Crippen molar-refractivity contribution >= 4 is 12.1 Å². The van der Waals surface area contributed by atoms with E-state index < -0.39 is 40.9 Å². The first-order chi connectivity index (χ1) is 13.1. The molecule has 0 bridgehead atoms. The number of carbonyl (C=O) groups excluding carboxylic acids is 1. The minimum absolute atomic E-state index is 0.250. The molecule has 146 valence electrons. The second-order valence-corrected chi connectivity index (χ2v) is 6.01. The number of allylic oxidation sites excluding steroid dienone is 1. The van der Waals surface area contributed by atoms with Crippen molar-refractivity contribution in [1.29, 1.82) is 0 Å². The molecule has 2 aromatic rings. The first-order valence-electron chi connectivity index (χ1n) is 7.95. The molecule has 0 fully saturated rings. The van der Waals surface area contributed by atoms with Crippen molar-refractivity contribution in [3.63, 3.8) is 0 Å². The highest BCUT2D eigenvalue weighted by Gasteiger charge is 2.48. The quantitative estimate of drug-likeness (QED) is 0.800. The van der Waals surface area contributed by atoms with E-state index in [1.165, 1.54) is 24.4 Å². The summed E-state index contributed by atoms with van der Waals surface area (Å²) in [5, 5.41) is 0. The van der Waals surface area contributed by atoms with Gasteiger partial charge in [-0.2, -0.15) is 13.2 Å². The topological polar surface area (TPSA) is 64.7 Å². The van der Waals surface area contributed by atoms with Gasteiger partial charge in [-0.3, -0.25) is 4.79 Å². The number of halogens is 5. The summed E-state index contributed by atoms with van der Waals surface area (Å²) >= 11 is 0. The van der Waals surface area contributed by atoms with E-state index in [1.807, 2.05) is 0 Å². The highest BCUT2D eigenvalue weighted by atomic mass is 19.4. The van der Waals surface area contributed by atoms with Crippen molar-refractivity contribution in [2.24, 2.45) is 10.7 Å². The second-order valence-electron chi connectivity index (χ2n) is 6.01. The Hall–Kier alpha value is -3.23. The second kappa shape index (κ2) is 7.06. The molecule has 2 N–H and O–H groups in total. The molecule has 0 aliphatic carbocycles. The number of aliphatic imine (C=N–C) groups is 1. The SMILES string of the molecule is NC(=O)C1(c2ccc(F)cc2F)C=CC=NC1Oc1cccc(C(F)(F)F)c1. The van der Waals surface area contributed by atoms with E-state index in [2.05, 4.69) is 4.99 Å². The van der Waals surface area contributed by atoms with Gasteiger partial charge in [-0.15, -0.1) is 0 Å². The van der Waals surface area contributed by atoms with Crippen LogP contribution >= 0.6 is 0 Å². The molecule has 0 saturated carbocycles. The third kappa shape index (κ3) is 3.47. The number of nitrogens with zero attached hydrogens (tertiary/aromatic N) is 1. The number of dihydropyridines is 1. The summed E-state index contributed by atoms with van der Waals surface area (Å²) in [4.78, 5) is 16.3. The highest BCUT2D eigenvalue weighted by Crippen LogP contribution is 2.38. The van der Waals surface area contributed by atoms with Gasteiger partial charge in [0.1, 0.15) is 17.4 Å². The van der Waals surface area contributed by atoms with E-state index in [9.17, 15) is 26.7 Å². The van der Waals surface area contributed by atoms with Crippen LogP contribution in [0.1, 0.15) is 11.1 Å². The summed E-state index contributed by atoms with van der Waals surface area (Å²) in [6, 6.07) is 6.42. The number of hydrogen-bond acceptors (Lipinski definition) is 3. The number of benzene rings is 2. The molecule has 1 amide bonds. The lowest BCUT2D eigenvalue weighted by atomic mass is 9.76. The first kappa shape index (κ1) is 19.5. The van der Waals surface area contributed by atoms with Gasteiger partial charge < -0.3 is 10.5 Å². The van der Waals surface area contributed by atoms with Gasteiger partial charge in [-0.05, 0) is 30.3 Å². The molecule has 2 atom stereocenters. The van der Waals surface area contributed by atoms with Gasteiger partial charge in [0.2, 0.25) is 12.1 Å². The number of ether oxygens (including phenoxy) is 1. The fraction of sp³-hybridized carbons (Fsp3) is 0.158.